The van der Waals surface area contributed by atoms with Gasteiger partial charge in [0, 0.05) is 0 Å². The fraction of sp³-hybridized carbons (Fsp3) is 1.00. The van der Waals surface area contributed by atoms with Crippen molar-refractivity contribution in [2.45, 2.75) is 38.9 Å². The topological polar surface area (TPSA) is 46.5 Å². The summed E-state index contributed by atoms with van der Waals surface area (Å²) in [5.41, 5.74) is 0. The summed E-state index contributed by atoms with van der Waals surface area (Å²) in [6, 6.07) is 0. The van der Waals surface area contributed by atoms with Crippen molar-refractivity contribution in [1.82, 2.24) is 0 Å². The van der Waals surface area contributed by atoms with Crippen molar-refractivity contribution in [2.24, 2.45) is 0 Å². The first-order chi connectivity index (χ1) is 5.17. The lowest BCUT2D eigenvalue weighted by Crippen LogP contribution is -2.41. The van der Waals surface area contributed by atoms with Crippen molar-refractivity contribution >= 4 is 19.4 Å². The van der Waals surface area contributed by atoms with Gasteiger partial charge in [-0.15, -0.1) is 0 Å². The van der Waals surface area contributed by atoms with Crippen molar-refractivity contribution in [3.63, 3.8) is 0 Å². The van der Waals surface area contributed by atoms with Gasteiger partial charge in [0.05, 0.1) is 0 Å². The van der Waals surface area contributed by atoms with E-state index in [2.05, 4.69) is 33.9 Å². The van der Waals surface area contributed by atoms with Gasteiger partial charge in [0.1, 0.15) is 5.94 Å². The highest BCUT2D eigenvalue weighted by atomic mass is 32.2. The Morgan fingerprint density at radius 1 is 1.42 bits per heavy atom. The average Bonchev–Trinajstić information content (AvgIpc) is 1.81. The Kier molecular flexibility index (Phi) is 4.09. The third-order valence-electron chi connectivity index (χ3n) is 2.33. The zero-order chi connectivity index (χ0) is 9.99. The van der Waals surface area contributed by atoms with Crippen molar-refractivity contribution in [3.8, 4) is 0 Å². The highest BCUT2D eigenvalue weighted by Crippen LogP contribution is 2.36. The molecule has 12 heavy (non-hydrogen) atoms. The summed E-state index contributed by atoms with van der Waals surface area (Å²) in [6.45, 7) is 10.4. The molecule has 0 heterocycles. The second-order valence-corrected chi connectivity index (χ2v) is 10.0. The van der Waals surface area contributed by atoms with Crippen LogP contribution in [0.25, 0.3) is 0 Å². The van der Waals surface area contributed by atoms with E-state index in [1.54, 1.807) is 0 Å². The molecular weight excluding hydrogens is 192 g/mol. The molecule has 0 bridgehead atoms. The fourth-order valence-corrected chi connectivity index (χ4v) is 2.43. The molecule has 0 rings (SSSR count). The summed E-state index contributed by atoms with van der Waals surface area (Å²) in [6.07, 6.45) is 0. The molecule has 0 saturated heterocycles. The van der Waals surface area contributed by atoms with Crippen LogP contribution in [0.3, 0.4) is 0 Å². The maximum absolute atomic E-state index is 10.4. The Balaban J connectivity index is 4.14. The number of rotatable bonds is 3. The fourth-order valence-electron chi connectivity index (χ4n) is 0.414. The van der Waals surface area contributed by atoms with Crippen LogP contribution in [0.2, 0.25) is 18.1 Å². The lowest BCUT2D eigenvalue weighted by molar-refractivity contribution is 0.338. The van der Waals surface area contributed by atoms with Crippen LogP contribution in [0.5, 0.6) is 0 Å². The Bertz CT molecular complexity index is 174. The van der Waals surface area contributed by atoms with Crippen molar-refractivity contribution in [1.29, 1.82) is 0 Å². The molecule has 0 saturated carbocycles. The number of hydrogen-bond acceptors (Lipinski definition) is 2. The Hall–Kier alpha value is 0.287. The van der Waals surface area contributed by atoms with Crippen LogP contribution in [-0.2, 0) is 15.5 Å². The summed E-state index contributed by atoms with van der Waals surface area (Å²) in [7, 11) is -1.82. The largest absolute Gasteiger partial charge is 0.403 e. The second kappa shape index (κ2) is 4.00. The minimum absolute atomic E-state index is 0.0590. The molecule has 5 heteroatoms. The molecule has 0 radical (unpaired) electrons. The molecule has 0 fully saturated rings. The maximum atomic E-state index is 10.4. The van der Waals surface area contributed by atoms with Crippen LogP contribution in [0.15, 0.2) is 0 Å². The van der Waals surface area contributed by atoms with E-state index in [0.29, 0.717) is 0 Å². The first-order valence-electron chi connectivity index (χ1n) is 3.88. The van der Waals surface area contributed by atoms with E-state index in [4.69, 9.17) is 8.98 Å². The quantitative estimate of drug-likeness (QED) is 0.574. The van der Waals surface area contributed by atoms with Crippen LogP contribution < -0.4 is 0 Å². The molecule has 0 amide bonds. The molecule has 0 aliphatic rings. The number of hydrogen-bond donors (Lipinski definition) is 1. The SMILES string of the molecule is CC(C)(C)[Si](C)(C)OCS(=O)O. The van der Waals surface area contributed by atoms with Gasteiger partial charge in [-0.2, -0.15) is 0 Å². The molecule has 0 spiro atoms. The van der Waals surface area contributed by atoms with Gasteiger partial charge in [0.25, 0.3) is 0 Å². The van der Waals surface area contributed by atoms with Crippen LogP contribution in [0.4, 0.5) is 0 Å². The third kappa shape index (κ3) is 3.80. The summed E-state index contributed by atoms with van der Waals surface area (Å²) in [4.78, 5) is 0. The van der Waals surface area contributed by atoms with Crippen LogP contribution in [-0.4, -0.2) is 23.0 Å². The molecule has 0 aliphatic carbocycles. The minimum atomic E-state index is -1.83. The smallest absolute Gasteiger partial charge is 0.193 e. The molecule has 1 N–H and O–H groups in total. The van der Waals surface area contributed by atoms with Crippen LogP contribution >= 0.6 is 0 Å². The van der Waals surface area contributed by atoms with Gasteiger partial charge in [0.15, 0.2) is 19.4 Å². The molecule has 3 nitrogen and oxygen atoms in total. The standard InChI is InChI=1S/C7H18O3SSi/c1-7(2,3)12(4,5)10-6-11(8)9/h6H2,1-5H3,(H,8,9). The molecule has 0 aromatic carbocycles. The van der Waals surface area contributed by atoms with E-state index in [1.807, 2.05) is 0 Å². The van der Waals surface area contributed by atoms with E-state index in [-0.39, 0.29) is 11.0 Å². The molecule has 74 valence electrons. The van der Waals surface area contributed by atoms with Gasteiger partial charge in [-0.25, -0.2) is 4.21 Å². The Morgan fingerprint density at radius 2 is 1.83 bits per heavy atom. The Morgan fingerprint density at radius 3 is 2.08 bits per heavy atom. The highest BCUT2D eigenvalue weighted by Gasteiger charge is 2.37. The van der Waals surface area contributed by atoms with Gasteiger partial charge in [-0.1, -0.05) is 20.8 Å². The lowest BCUT2D eigenvalue weighted by Gasteiger charge is -2.35. The third-order valence-corrected chi connectivity index (χ3v) is 7.33. The predicted molar refractivity (Wildman–Crippen MR) is 53.9 cm³/mol. The van der Waals surface area contributed by atoms with Crippen LogP contribution in [0, 0.1) is 0 Å². The summed E-state index contributed by atoms with van der Waals surface area (Å²) >= 11 is -1.83. The minimum Gasteiger partial charge on any atom is -0.403 e. The Labute approximate surface area is 77.9 Å². The van der Waals surface area contributed by atoms with Crippen molar-refractivity contribution in [3.05, 3.63) is 0 Å². The predicted octanol–water partition coefficient (Wildman–Crippen LogP) is 2.19. The monoisotopic (exact) mass is 210 g/mol. The average molecular weight is 210 g/mol. The van der Waals surface area contributed by atoms with E-state index in [0.717, 1.165) is 0 Å². The van der Waals surface area contributed by atoms with E-state index < -0.39 is 19.4 Å². The molecule has 0 aromatic heterocycles. The molecule has 0 aromatic rings. The second-order valence-electron chi connectivity index (χ2n) is 4.34. The van der Waals surface area contributed by atoms with Crippen molar-refractivity contribution in [2.75, 3.05) is 5.94 Å². The normalized spacial score (nSPS) is 16.2. The summed E-state index contributed by atoms with van der Waals surface area (Å²) < 4.78 is 24.4. The zero-order valence-electron chi connectivity index (χ0n) is 8.38. The molecule has 0 aliphatic heterocycles. The molecule has 1 atom stereocenters. The molecule has 1 unspecified atom stereocenters. The van der Waals surface area contributed by atoms with Gasteiger partial charge < -0.3 is 8.98 Å². The van der Waals surface area contributed by atoms with Crippen molar-refractivity contribution < 1.29 is 13.2 Å². The van der Waals surface area contributed by atoms with Gasteiger partial charge in [-0.3, -0.25) is 0 Å². The first kappa shape index (κ1) is 12.3. The van der Waals surface area contributed by atoms with Gasteiger partial charge in [-0.05, 0) is 18.1 Å². The van der Waals surface area contributed by atoms with Gasteiger partial charge >= 0.3 is 0 Å². The maximum Gasteiger partial charge on any atom is 0.193 e. The lowest BCUT2D eigenvalue weighted by atomic mass is 10.2. The van der Waals surface area contributed by atoms with E-state index in [9.17, 15) is 4.21 Å². The van der Waals surface area contributed by atoms with E-state index in [1.165, 1.54) is 0 Å². The first-order valence-corrected chi connectivity index (χ1v) is 8.06. The summed E-state index contributed by atoms with van der Waals surface area (Å²) in [5.74, 6) is -0.0590. The van der Waals surface area contributed by atoms with Gasteiger partial charge in [0.2, 0.25) is 0 Å². The van der Waals surface area contributed by atoms with Crippen LogP contribution in [0.1, 0.15) is 20.8 Å². The zero-order valence-corrected chi connectivity index (χ0v) is 10.2. The summed E-state index contributed by atoms with van der Waals surface area (Å²) in [5, 5.41) is 0.104. The highest BCUT2D eigenvalue weighted by molar-refractivity contribution is 7.79. The van der Waals surface area contributed by atoms with E-state index >= 15 is 0 Å². The molecular formula is C7H18O3SSi.